The number of rotatable bonds is 16. The first-order valence-corrected chi connectivity index (χ1v) is 10.5. The highest BCUT2D eigenvalue weighted by molar-refractivity contribution is 5.76. The number of carbonyl (C=O) groups excluding carboxylic acids is 1. The lowest BCUT2D eigenvalue weighted by molar-refractivity contribution is -0.121. The van der Waals surface area contributed by atoms with E-state index in [-0.39, 0.29) is 18.6 Å². The van der Waals surface area contributed by atoms with Crippen molar-refractivity contribution in [2.45, 2.75) is 71.3 Å². The minimum Gasteiger partial charge on any atom is -0.394 e. The van der Waals surface area contributed by atoms with Crippen molar-refractivity contribution >= 4 is 5.91 Å². The Kier molecular flexibility index (Phi) is 19.6. The first-order chi connectivity index (χ1) is 13.7. The molecule has 0 aromatic carbocycles. The van der Waals surface area contributed by atoms with Crippen LogP contribution < -0.4 is 5.32 Å². The Morgan fingerprint density at radius 3 is 1.54 bits per heavy atom. The summed E-state index contributed by atoms with van der Waals surface area (Å²) in [6.45, 7) is 3.91. The van der Waals surface area contributed by atoms with E-state index in [0.717, 1.165) is 44.9 Å². The summed E-state index contributed by atoms with van der Waals surface area (Å²) in [6.07, 6.45) is 33.2. The Balaban J connectivity index is 3.59. The Hall–Kier alpha value is -2.13. The molecule has 0 radical (unpaired) electrons. The molecule has 0 saturated heterocycles. The number of amides is 1. The van der Waals surface area contributed by atoms with Crippen LogP contribution >= 0.6 is 0 Å². The Morgan fingerprint density at radius 1 is 0.750 bits per heavy atom. The molecule has 0 aliphatic carbocycles. The van der Waals surface area contributed by atoms with E-state index in [0.29, 0.717) is 6.42 Å². The molecular formula is C25H39NO2. The highest BCUT2D eigenvalue weighted by atomic mass is 16.3. The van der Waals surface area contributed by atoms with E-state index in [1.54, 1.807) is 6.92 Å². The van der Waals surface area contributed by atoms with E-state index in [1.807, 2.05) is 6.08 Å². The van der Waals surface area contributed by atoms with Gasteiger partial charge in [0.2, 0.25) is 5.91 Å². The fourth-order valence-electron chi connectivity index (χ4n) is 2.25. The fraction of sp³-hybridized carbons (Fsp3) is 0.480. The van der Waals surface area contributed by atoms with Crippen molar-refractivity contribution in [3.63, 3.8) is 0 Å². The fourth-order valence-corrected chi connectivity index (χ4v) is 2.25. The van der Waals surface area contributed by atoms with Crippen molar-refractivity contribution in [2.75, 3.05) is 6.61 Å². The van der Waals surface area contributed by atoms with Gasteiger partial charge in [0.05, 0.1) is 6.61 Å². The molecule has 28 heavy (non-hydrogen) atoms. The lowest BCUT2D eigenvalue weighted by atomic mass is 10.2. The minimum absolute atomic E-state index is 0.0129. The molecule has 0 fully saturated rings. The molecule has 0 aliphatic heterocycles. The van der Waals surface area contributed by atoms with Crippen molar-refractivity contribution in [1.29, 1.82) is 0 Å². The molecule has 0 heterocycles. The van der Waals surface area contributed by atoms with Crippen LogP contribution in [0.1, 0.15) is 65.2 Å². The topological polar surface area (TPSA) is 49.3 Å². The van der Waals surface area contributed by atoms with Crippen LogP contribution in [0.2, 0.25) is 0 Å². The van der Waals surface area contributed by atoms with Gasteiger partial charge in [-0.15, -0.1) is 0 Å². The van der Waals surface area contributed by atoms with E-state index in [9.17, 15) is 4.79 Å². The summed E-state index contributed by atoms with van der Waals surface area (Å²) in [5.74, 6) is -0.0129. The van der Waals surface area contributed by atoms with Crippen LogP contribution in [-0.4, -0.2) is 23.7 Å². The molecule has 0 rings (SSSR count). The van der Waals surface area contributed by atoms with Gasteiger partial charge in [-0.2, -0.15) is 0 Å². The first-order valence-electron chi connectivity index (χ1n) is 10.5. The molecule has 0 spiro atoms. The van der Waals surface area contributed by atoms with E-state index >= 15 is 0 Å². The second kappa shape index (κ2) is 21.2. The molecule has 3 nitrogen and oxygen atoms in total. The third-order valence-corrected chi connectivity index (χ3v) is 3.82. The number of allylic oxidation sites excluding steroid dienone is 12. The SMILES string of the molecule is CCC=CCC=CCC=CCC=CCC=CCC=CCCC(=O)N[C@@H](C)CO. The van der Waals surface area contributed by atoms with Gasteiger partial charge in [-0.3, -0.25) is 4.79 Å². The Labute approximate surface area is 172 Å². The summed E-state index contributed by atoms with van der Waals surface area (Å²) >= 11 is 0. The number of aliphatic hydroxyl groups is 1. The van der Waals surface area contributed by atoms with Crippen molar-refractivity contribution in [3.8, 4) is 0 Å². The van der Waals surface area contributed by atoms with Crippen LogP contribution in [0, 0.1) is 0 Å². The normalized spacial score (nSPS) is 14.0. The molecule has 0 aromatic heterocycles. The van der Waals surface area contributed by atoms with Crippen LogP contribution in [0.15, 0.2) is 72.9 Å². The van der Waals surface area contributed by atoms with Gasteiger partial charge >= 0.3 is 0 Å². The molecule has 1 amide bonds. The molecule has 0 unspecified atom stereocenters. The Morgan fingerprint density at radius 2 is 1.14 bits per heavy atom. The molecule has 0 aromatic rings. The smallest absolute Gasteiger partial charge is 0.220 e. The van der Waals surface area contributed by atoms with Gasteiger partial charge < -0.3 is 10.4 Å². The summed E-state index contributed by atoms with van der Waals surface area (Å²) in [5.41, 5.74) is 0. The summed E-state index contributed by atoms with van der Waals surface area (Å²) < 4.78 is 0. The summed E-state index contributed by atoms with van der Waals surface area (Å²) in [6, 6.07) is -0.169. The van der Waals surface area contributed by atoms with Crippen molar-refractivity contribution in [3.05, 3.63) is 72.9 Å². The average Bonchev–Trinajstić information content (AvgIpc) is 2.69. The van der Waals surface area contributed by atoms with Gasteiger partial charge in [-0.25, -0.2) is 0 Å². The predicted molar refractivity (Wildman–Crippen MR) is 122 cm³/mol. The van der Waals surface area contributed by atoms with E-state index in [4.69, 9.17) is 5.11 Å². The largest absolute Gasteiger partial charge is 0.394 e. The standard InChI is InChI=1S/C25H39NO2/c1-3-4-5-6-7-8-9-10-11-12-13-14-15-16-17-18-19-20-21-22-25(28)26-24(2)23-27/h4-5,7-8,10-11,13-14,16-17,19-20,24,27H,3,6,9,12,15,18,21-23H2,1-2H3,(H,26,28)/t24-/m0/s1. The number of hydrogen-bond donors (Lipinski definition) is 2. The molecule has 2 N–H and O–H groups in total. The maximum Gasteiger partial charge on any atom is 0.220 e. The summed E-state index contributed by atoms with van der Waals surface area (Å²) in [5, 5.41) is 11.6. The number of aliphatic hydroxyl groups excluding tert-OH is 1. The summed E-state index contributed by atoms with van der Waals surface area (Å²) in [4.78, 5) is 11.5. The lowest BCUT2D eigenvalue weighted by Gasteiger charge is -2.09. The van der Waals surface area contributed by atoms with Crippen LogP contribution in [-0.2, 0) is 4.79 Å². The maximum absolute atomic E-state index is 11.5. The number of carbonyl (C=O) groups is 1. The van der Waals surface area contributed by atoms with E-state index in [2.05, 4.69) is 79.1 Å². The molecular weight excluding hydrogens is 346 g/mol. The number of nitrogens with one attached hydrogen (secondary N) is 1. The van der Waals surface area contributed by atoms with Gasteiger partial charge in [0, 0.05) is 12.5 Å². The van der Waals surface area contributed by atoms with Crippen LogP contribution in [0.3, 0.4) is 0 Å². The summed E-state index contributed by atoms with van der Waals surface area (Å²) in [7, 11) is 0. The quantitative estimate of drug-likeness (QED) is 0.322. The Bertz CT molecular complexity index is 539. The third-order valence-electron chi connectivity index (χ3n) is 3.82. The highest BCUT2D eigenvalue weighted by Gasteiger charge is 2.03. The molecule has 3 heteroatoms. The van der Waals surface area contributed by atoms with Crippen molar-refractivity contribution in [1.82, 2.24) is 5.32 Å². The zero-order valence-corrected chi connectivity index (χ0v) is 17.7. The average molecular weight is 386 g/mol. The first kappa shape index (κ1) is 25.9. The lowest BCUT2D eigenvalue weighted by Crippen LogP contribution is -2.34. The molecule has 0 aliphatic rings. The maximum atomic E-state index is 11.5. The van der Waals surface area contributed by atoms with Crippen LogP contribution in [0.25, 0.3) is 0 Å². The van der Waals surface area contributed by atoms with Gasteiger partial charge in [0.15, 0.2) is 0 Å². The zero-order valence-electron chi connectivity index (χ0n) is 17.7. The molecule has 0 bridgehead atoms. The van der Waals surface area contributed by atoms with Gasteiger partial charge in [-0.05, 0) is 51.9 Å². The molecule has 156 valence electrons. The minimum atomic E-state index is -0.169. The second-order valence-corrected chi connectivity index (χ2v) is 6.60. The number of hydrogen-bond acceptors (Lipinski definition) is 2. The predicted octanol–water partition coefficient (Wildman–Crippen LogP) is 5.96. The van der Waals surface area contributed by atoms with Crippen molar-refractivity contribution < 1.29 is 9.90 Å². The second-order valence-electron chi connectivity index (χ2n) is 6.60. The van der Waals surface area contributed by atoms with Crippen LogP contribution in [0.4, 0.5) is 0 Å². The van der Waals surface area contributed by atoms with Gasteiger partial charge in [-0.1, -0.05) is 79.8 Å². The van der Waals surface area contributed by atoms with Crippen molar-refractivity contribution in [2.24, 2.45) is 0 Å². The van der Waals surface area contributed by atoms with Gasteiger partial charge in [0.1, 0.15) is 0 Å². The van der Waals surface area contributed by atoms with E-state index < -0.39 is 0 Å². The third kappa shape index (κ3) is 20.2. The van der Waals surface area contributed by atoms with Gasteiger partial charge in [0.25, 0.3) is 0 Å². The monoisotopic (exact) mass is 385 g/mol. The zero-order chi connectivity index (χ0) is 20.7. The molecule has 0 saturated carbocycles. The van der Waals surface area contributed by atoms with Crippen LogP contribution in [0.5, 0.6) is 0 Å². The molecule has 1 atom stereocenters. The highest BCUT2D eigenvalue weighted by Crippen LogP contribution is 1.98. The van der Waals surface area contributed by atoms with E-state index in [1.165, 1.54) is 0 Å².